The van der Waals surface area contributed by atoms with Crippen LogP contribution in [0.2, 0.25) is 0 Å². The second-order valence-electron chi connectivity index (χ2n) is 7.55. The average molecular weight is 266 g/mol. The van der Waals surface area contributed by atoms with Gasteiger partial charge in [-0.1, -0.05) is 20.8 Å². The molecule has 1 aliphatic heterocycles. The van der Waals surface area contributed by atoms with Gasteiger partial charge in [-0.05, 0) is 39.5 Å². The van der Waals surface area contributed by atoms with Gasteiger partial charge in [0.1, 0.15) is 0 Å². The second-order valence-corrected chi connectivity index (χ2v) is 7.55. The van der Waals surface area contributed by atoms with Gasteiger partial charge in [0.15, 0.2) is 0 Å². The minimum atomic E-state index is -0.238. The predicted molar refractivity (Wildman–Crippen MR) is 79.1 cm³/mol. The van der Waals surface area contributed by atoms with E-state index >= 15 is 0 Å². The maximum absolute atomic E-state index is 12.7. The van der Waals surface area contributed by atoms with Crippen molar-refractivity contribution < 1.29 is 4.79 Å². The van der Waals surface area contributed by atoms with Crippen LogP contribution in [-0.4, -0.2) is 46.9 Å². The zero-order valence-electron chi connectivity index (χ0n) is 13.3. The lowest BCUT2D eigenvalue weighted by molar-refractivity contribution is -0.143. The molecule has 0 unspecified atom stereocenters. The Morgan fingerprint density at radius 3 is 1.89 bits per heavy atom. The normalized spacial score (nSPS) is 22.8. The summed E-state index contributed by atoms with van der Waals surface area (Å²) in [5.74, 6) is 0.359. The summed E-state index contributed by atoms with van der Waals surface area (Å²) in [4.78, 5) is 17.5. The fourth-order valence-corrected chi connectivity index (χ4v) is 3.05. The molecule has 3 heteroatoms. The molecule has 0 bridgehead atoms. The molecule has 1 saturated carbocycles. The molecular formula is C16H30N2O. The highest BCUT2D eigenvalue weighted by Gasteiger charge is 2.42. The lowest BCUT2D eigenvalue weighted by Gasteiger charge is -2.42. The monoisotopic (exact) mass is 266 g/mol. The second kappa shape index (κ2) is 5.43. The SMILES string of the molecule is CC(C)N1CCC(N(C(=O)C(C)(C)C)C2CC2)CC1. The van der Waals surface area contributed by atoms with Crippen molar-refractivity contribution in [1.29, 1.82) is 0 Å². The van der Waals surface area contributed by atoms with E-state index in [4.69, 9.17) is 0 Å². The lowest BCUT2D eigenvalue weighted by Crippen LogP contribution is -2.52. The minimum Gasteiger partial charge on any atom is -0.336 e. The minimum absolute atomic E-state index is 0.238. The molecule has 1 heterocycles. The summed E-state index contributed by atoms with van der Waals surface area (Å²) in [6.45, 7) is 13.0. The third kappa shape index (κ3) is 3.50. The average Bonchev–Trinajstić information content (AvgIpc) is 3.13. The molecule has 1 aliphatic carbocycles. The number of nitrogens with zero attached hydrogens (tertiary/aromatic N) is 2. The van der Waals surface area contributed by atoms with Crippen molar-refractivity contribution in [2.75, 3.05) is 13.1 Å². The van der Waals surface area contributed by atoms with E-state index in [1.165, 1.54) is 12.8 Å². The van der Waals surface area contributed by atoms with Crippen LogP contribution in [0.15, 0.2) is 0 Å². The third-order valence-electron chi connectivity index (χ3n) is 4.44. The van der Waals surface area contributed by atoms with Gasteiger partial charge < -0.3 is 9.80 Å². The van der Waals surface area contributed by atoms with E-state index in [-0.39, 0.29) is 5.41 Å². The maximum Gasteiger partial charge on any atom is 0.228 e. The Kier molecular flexibility index (Phi) is 4.24. The van der Waals surface area contributed by atoms with Crippen LogP contribution in [0.4, 0.5) is 0 Å². The van der Waals surface area contributed by atoms with Crippen molar-refractivity contribution in [3.8, 4) is 0 Å². The van der Waals surface area contributed by atoms with E-state index in [0.717, 1.165) is 25.9 Å². The Bertz CT molecular complexity index is 320. The third-order valence-corrected chi connectivity index (χ3v) is 4.44. The standard InChI is InChI=1S/C16H30N2O/c1-12(2)17-10-8-14(9-11-17)18(13-6-7-13)15(19)16(3,4)5/h12-14H,6-11H2,1-5H3. The number of carbonyl (C=O) groups is 1. The largest absolute Gasteiger partial charge is 0.336 e. The Hall–Kier alpha value is -0.570. The Morgan fingerprint density at radius 2 is 1.53 bits per heavy atom. The van der Waals surface area contributed by atoms with Crippen molar-refractivity contribution >= 4 is 5.91 Å². The molecule has 2 fully saturated rings. The molecule has 110 valence electrons. The molecule has 1 saturated heterocycles. The zero-order chi connectivity index (χ0) is 14.2. The van der Waals surface area contributed by atoms with Crippen LogP contribution in [0.1, 0.15) is 60.3 Å². The van der Waals surface area contributed by atoms with Crippen molar-refractivity contribution in [2.24, 2.45) is 5.41 Å². The number of piperidine rings is 1. The molecule has 1 amide bonds. The number of hydrogen-bond donors (Lipinski definition) is 0. The summed E-state index contributed by atoms with van der Waals surface area (Å²) in [5.41, 5.74) is -0.238. The summed E-state index contributed by atoms with van der Waals surface area (Å²) in [5, 5.41) is 0. The topological polar surface area (TPSA) is 23.6 Å². The summed E-state index contributed by atoms with van der Waals surface area (Å²) >= 11 is 0. The molecule has 0 aromatic carbocycles. The molecular weight excluding hydrogens is 236 g/mol. The van der Waals surface area contributed by atoms with Crippen LogP contribution >= 0.6 is 0 Å². The van der Waals surface area contributed by atoms with E-state index in [1.807, 2.05) is 20.8 Å². The van der Waals surface area contributed by atoms with E-state index in [2.05, 4.69) is 23.6 Å². The first-order chi connectivity index (χ1) is 8.80. The maximum atomic E-state index is 12.7. The van der Waals surface area contributed by atoms with Gasteiger partial charge >= 0.3 is 0 Å². The van der Waals surface area contributed by atoms with Crippen LogP contribution in [-0.2, 0) is 4.79 Å². The molecule has 0 N–H and O–H groups in total. The summed E-state index contributed by atoms with van der Waals surface area (Å²) in [6.07, 6.45) is 4.73. The van der Waals surface area contributed by atoms with Gasteiger partial charge in [0.25, 0.3) is 0 Å². The quantitative estimate of drug-likeness (QED) is 0.784. The van der Waals surface area contributed by atoms with E-state index in [0.29, 0.717) is 24.0 Å². The summed E-state index contributed by atoms with van der Waals surface area (Å²) in [7, 11) is 0. The Labute approximate surface area is 118 Å². The van der Waals surface area contributed by atoms with Crippen LogP contribution < -0.4 is 0 Å². The van der Waals surface area contributed by atoms with Crippen LogP contribution in [0.25, 0.3) is 0 Å². The van der Waals surface area contributed by atoms with Crippen LogP contribution in [0, 0.1) is 5.41 Å². The van der Waals surface area contributed by atoms with Gasteiger partial charge in [-0.15, -0.1) is 0 Å². The first-order valence-corrected chi connectivity index (χ1v) is 7.87. The van der Waals surface area contributed by atoms with Crippen molar-refractivity contribution in [1.82, 2.24) is 9.80 Å². The molecule has 2 rings (SSSR count). The molecule has 0 aromatic rings. The molecule has 3 nitrogen and oxygen atoms in total. The molecule has 19 heavy (non-hydrogen) atoms. The number of carbonyl (C=O) groups excluding carboxylic acids is 1. The molecule has 0 spiro atoms. The molecule has 0 atom stereocenters. The number of rotatable bonds is 3. The summed E-state index contributed by atoms with van der Waals surface area (Å²) < 4.78 is 0. The van der Waals surface area contributed by atoms with Crippen molar-refractivity contribution in [2.45, 2.75) is 78.4 Å². The molecule has 0 aromatic heterocycles. The van der Waals surface area contributed by atoms with Crippen LogP contribution in [0.5, 0.6) is 0 Å². The van der Waals surface area contributed by atoms with Gasteiger partial charge in [-0.3, -0.25) is 4.79 Å². The smallest absolute Gasteiger partial charge is 0.228 e. The zero-order valence-corrected chi connectivity index (χ0v) is 13.3. The predicted octanol–water partition coefficient (Wildman–Crippen LogP) is 2.90. The van der Waals surface area contributed by atoms with Gasteiger partial charge in [-0.25, -0.2) is 0 Å². The molecule has 0 radical (unpaired) electrons. The molecule has 2 aliphatic rings. The van der Waals surface area contributed by atoms with Gasteiger partial charge in [0, 0.05) is 36.6 Å². The number of likely N-dealkylation sites (tertiary alicyclic amines) is 1. The van der Waals surface area contributed by atoms with E-state index in [9.17, 15) is 4.79 Å². The van der Waals surface area contributed by atoms with Crippen molar-refractivity contribution in [3.63, 3.8) is 0 Å². The van der Waals surface area contributed by atoms with Gasteiger partial charge in [0.2, 0.25) is 5.91 Å². The van der Waals surface area contributed by atoms with E-state index in [1.54, 1.807) is 0 Å². The summed E-state index contributed by atoms with van der Waals surface area (Å²) in [6, 6.07) is 1.66. The van der Waals surface area contributed by atoms with Gasteiger partial charge in [-0.2, -0.15) is 0 Å². The first-order valence-electron chi connectivity index (χ1n) is 7.87. The Morgan fingerprint density at radius 1 is 1.05 bits per heavy atom. The highest BCUT2D eigenvalue weighted by molar-refractivity contribution is 5.82. The van der Waals surface area contributed by atoms with Crippen molar-refractivity contribution in [3.05, 3.63) is 0 Å². The first kappa shape index (κ1) is 14.8. The fraction of sp³-hybridized carbons (Fsp3) is 0.938. The highest BCUT2D eigenvalue weighted by Crippen LogP contribution is 2.35. The number of hydrogen-bond acceptors (Lipinski definition) is 2. The van der Waals surface area contributed by atoms with E-state index < -0.39 is 0 Å². The van der Waals surface area contributed by atoms with Crippen LogP contribution in [0.3, 0.4) is 0 Å². The lowest BCUT2D eigenvalue weighted by atomic mass is 9.92. The number of amides is 1. The van der Waals surface area contributed by atoms with Gasteiger partial charge in [0.05, 0.1) is 0 Å². The highest BCUT2D eigenvalue weighted by atomic mass is 16.2. The Balaban J connectivity index is 2.00. The fourth-order valence-electron chi connectivity index (χ4n) is 3.05.